The van der Waals surface area contributed by atoms with E-state index in [1.807, 2.05) is 19.0 Å². The van der Waals surface area contributed by atoms with Crippen molar-refractivity contribution in [2.24, 2.45) is 5.41 Å². The van der Waals surface area contributed by atoms with Gasteiger partial charge in [-0.15, -0.1) is 0 Å². The lowest BCUT2D eigenvalue weighted by Gasteiger charge is -2.42. The Labute approximate surface area is 143 Å². The minimum absolute atomic E-state index is 0.0228. The van der Waals surface area contributed by atoms with E-state index in [9.17, 15) is 4.79 Å². The first-order valence-electron chi connectivity index (χ1n) is 9.14. The number of carbonyl (C=O) groups is 1. The first kappa shape index (κ1) is 14.4. The molecule has 2 unspecified atom stereocenters. The number of fused-ring (bicyclic) bond motifs is 1. The van der Waals surface area contributed by atoms with Gasteiger partial charge in [0.1, 0.15) is 5.76 Å². The highest BCUT2D eigenvalue weighted by Gasteiger charge is 2.63. The number of allylic oxidation sites excluding steroid dienone is 3. The lowest BCUT2D eigenvalue weighted by atomic mass is 9.65. The van der Waals surface area contributed by atoms with Crippen LogP contribution < -0.4 is 0 Å². The van der Waals surface area contributed by atoms with Gasteiger partial charge in [-0.3, -0.25) is 4.90 Å². The molecule has 0 aromatic carbocycles. The van der Waals surface area contributed by atoms with Gasteiger partial charge in [0.25, 0.3) is 0 Å². The third kappa shape index (κ3) is 1.63. The van der Waals surface area contributed by atoms with E-state index in [1.54, 1.807) is 4.90 Å². The number of likely N-dealkylation sites (N-methyl/N-ethyl adjacent to an activating group) is 2. The normalized spacial score (nSPS) is 37.5. The molecule has 5 rings (SSSR count). The predicted molar refractivity (Wildman–Crippen MR) is 90.4 cm³/mol. The smallest absolute Gasteiger partial charge is 0.322 e. The maximum absolute atomic E-state index is 12.4. The van der Waals surface area contributed by atoms with Crippen molar-refractivity contribution >= 4 is 6.03 Å². The molecule has 1 aliphatic carbocycles. The molecule has 5 nitrogen and oxygen atoms in total. The lowest BCUT2D eigenvalue weighted by molar-refractivity contribution is -0.0420. The van der Waals surface area contributed by atoms with Crippen LogP contribution >= 0.6 is 0 Å². The van der Waals surface area contributed by atoms with Gasteiger partial charge in [0.05, 0.1) is 17.7 Å². The minimum Gasteiger partial charge on any atom is -0.467 e. The van der Waals surface area contributed by atoms with Crippen LogP contribution in [0.1, 0.15) is 44.9 Å². The van der Waals surface area contributed by atoms with E-state index in [2.05, 4.69) is 23.4 Å². The van der Waals surface area contributed by atoms with Crippen molar-refractivity contribution in [3.8, 4) is 0 Å². The number of rotatable bonds is 0. The van der Waals surface area contributed by atoms with E-state index in [0.29, 0.717) is 6.54 Å². The van der Waals surface area contributed by atoms with Crippen LogP contribution in [0.25, 0.3) is 0 Å². The molecule has 0 aromatic heterocycles. The predicted octanol–water partition coefficient (Wildman–Crippen LogP) is 3.38. The standard InChI is InChI=1S/C19H25N3O2/c1-20-13-19(21(2)17(20)23)12-18-9-5-3-7-14(18)11-22-10-6-4-8-15(22)16(18)24-19/h6,10-11H,3-5,7-9,12-13H2,1-2H3. The second-order valence-corrected chi connectivity index (χ2v) is 7.97. The van der Waals surface area contributed by atoms with Gasteiger partial charge in [-0.1, -0.05) is 12.5 Å². The fraction of sp³-hybridized carbons (Fsp3) is 0.632. The molecule has 2 amide bonds. The fourth-order valence-corrected chi connectivity index (χ4v) is 5.40. The summed E-state index contributed by atoms with van der Waals surface area (Å²) in [6.07, 6.45) is 14.6. The van der Waals surface area contributed by atoms with Crippen LogP contribution in [0, 0.1) is 5.41 Å². The summed E-state index contributed by atoms with van der Waals surface area (Å²) < 4.78 is 6.72. The monoisotopic (exact) mass is 327 g/mol. The molecule has 24 heavy (non-hydrogen) atoms. The molecule has 0 bridgehead atoms. The number of amides is 2. The Hall–Kier alpha value is -1.91. The van der Waals surface area contributed by atoms with Crippen LogP contribution in [0.15, 0.2) is 35.5 Å². The zero-order valence-corrected chi connectivity index (χ0v) is 14.5. The lowest BCUT2D eigenvalue weighted by Crippen LogP contribution is -2.45. The van der Waals surface area contributed by atoms with Crippen LogP contribution in [0.3, 0.4) is 0 Å². The van der Waals surface area contributed by atoms with Gasteiger partial charge in [-0.2, -0.15) is 0 Å². The van der Waals surface area contributed by atoms with Crippen LogP contribution in [0.2, 0.25) is 0 Å². The molecule has 0 radical (unpaired) electrons. The molecule has 5 aliphatic rings. The van der Waals surface area contributed by atoms with E-state index in [0.717, 1.165) is 32.1 Å². The van der Waals surface area contributed by atoms with Crippen molar-refractivity contribution < 1.29 is 9.53 Å². The largest absolute Gasteiger partial charge is 0.467 e. The Balaban J connectivity index is 1.66. The maximum Gasteiger partial charge on any atom is 0.322 e. The molecule has 5 heteroatoms. The molecule has 3 fully saturated rings. The molecule has 2 saturated heterocycles. The third-order valence-electron chi connectivity index (χ3n) is 6.61. The zero-order valence-electron chi connectivity index (χ0n) is 14.5. The van der Waals surface area contributed by atoms with E-state index in [1.165, 1.54) is 29.9 Å². The van der Waals surface area contributed by atoms with E-state index in [4.69, 9.17) is 4.74 Å². The molecule has 128 valence electrons. The number of hydrogen-bond donors (Lipinski definition) is 0. The first-order chi connectivity index (χ1) is 11.6. The summed E-state index contributed by atoms with van der Waals surface area (Å²) in [5, 5.41) is 0. The van der Waals surface area contributed by atoms with Gasteiger partial charge >= 0.3 is 6.03 Å². The van der Waals surface area contributed by atoms with Crippen LogP contribution in [0.4, 0.5) is 4.79 Å². The average molecular weight is 327 g/mol. The highest BCUT2D eigenvalue weighted by molar-refractivity contribution is 5.77. The Bertz CT molecular complexity index is 709. The highest BCUT2D eigenvalue weighted by atomic mass is 16.5. The van der Waals surface area contributed by atoms with Crippen LogP contribution in [-0.4, -0.2) is 47.1 Å². The summed E-state index contributed by atoms with van der Waals surface area (Å²) in [7, 11) is 3.78. The minimum atomic E-state index is -0.498. The summed E-state index contributed by atoms with van der Waals surface area (Å²) in [4.78, 5) is 18.3. The number of urea groups is 1. The van der Waals surface area contributed by atoms with Gasteiger partial charge in [-0.05, 0) is 37.7 Å². The number of hydrogen-bond acceptors (Lipinski definition) is 3. The molecule has 2 atom stereocenters. The number of ether oxygens (including phenoxy) is 1. The number of nitrogens with zero attached hydrogens (tertiary/aromatic N) is 3. The van der Waals surface area contributed by atoms with Gasteiger partial charge in [0.15, 0.2) is 0 Å². The second kappa shape index (κ2) is 4.58. The maximum atomic E-state index is 12.4. The molecule has 1 saturated carbocycles. The van der Waals surface area contributed by atoms with Crippen LogP contribution in [-0.2, 0) is 4.74 Å². The van der Waals surface area contributed by atoms with Gasteiger partial charge < -0.3 is 14.5 Å². The molecule has 0 N–H and O–H groups in total. The molecule has 4 heterocycles. The highest BCUT2D eigenvalue weighted by Crippen LogP contribution is 2.62. The van der Waals surface area contributed by atoms with Crippen LogP contribution in [0.5, 0.6) is 0 Å². The van der Waals surface area contributed by atoms with Crippen molar-refractivity contribution in [2.75, 3.05) is 20.6 Å². The third-order valence-corrected chi connectivity index (χ3v) is 6.61. The van der Waals surface area contributed by atoms with Gasteiger partial charge in [0.2, 0.25) is 5.72 Å². The Morgan fingerprint density at radius 2 is 2.08 bits per heavy atom. The van der Waals surface area contributed by atoms with E-state index in [-0.39, 0.29) is 11.4 Å². The molecular weight excluding hydrogens is 302 g/mol. The summed E-state index contributed by atoms with van der Waals surface area (Å²) in [5.41, 5.74) is 2.35. The molecule has 4 aliphatic heterocycles. The van der Waals surface area contributed by atoms with Crippen molar-refractivity contribution in [1.82, 2.24) is 14.7 Å². The summed E-state index contributed by atoms with van der Waals surface area (Å²) >= 11 is 0. The Kier molecular flexibility index (Phi) is 2.76. The molecule has 0 aromatic rings. The number of carbonyl (C=O) groups excluding carboxylic acids is 1. The first-order valence-corrected chi connectivity index (χ1v) is 9.14. The fourth-order valence-electron chi connectivity index (χ4n) is 5.40. The van der Waals surface area contributed by atoms with E-state index >= 15 is 0 Å². The van der Waals surface area contributed by atoms with Crippen molar-refractivity contribution in [2.45, 2.75) is 50.7 Å². The molecular formula is C19H25N3O2. The summed E-state index contributed by atoms with van der Waals surface area (Å²) in [6.45, 7) is 0.657. The van der Waals surface area contributed by atoms with E-state index < -0.39 is 5.72 Å². The van der Waals surface area contributed by atoms with Gasteiger partial charge in [-0.25, -0.2) is 4.79 Å². The zero-order chi connectivity index (χ0) is 16.5. The topological polar surface area (TPSA) is 36.0 Å². The van der Waals surface area contributed by atoms with Crippen molar-refractivity contribution in [1.29, 1.82) is 0 Å². The molecule has 2 spiro atoms. The second-order valence-electron chi connectivity index (χ2n) is 7.97. The van der Waals surface area contributed by atoms with Crippen molar-refractivity contribution in [3.63, 3.8) is 0 Å². The Morgan fingerprint density at radius 3 is 2.88 bits per heavy atom. The summed E-state index contributed by atoms with van der Waals surface area (Å²) in [5.74, 6) is 1.17. The Morgan fingerprint density at radius 1 is 1.21 bits per heavy atom. The average Bonchev–Trinajstić information content (AvgIpc) is 3.02. The SMILES string of the molecule is CN1CC2(CC34CCCCC3=CN3C=CCCC3=C4O2)N(C)C1=O. The quantitative estimate of drug-likeness (QED) is 0.684. The van der Waals surface area contributed by atoms with Crippen molar-refractivity contribution in [3.05, 3.63) is 35.5 Å². The summed E-state index contributed by atoms with van der Waals surface area (Å²) in [6, 6.07) is 0.0670. The van der Waals surface area contributed by atoms with Gasteiger partial charge in [0, 0.05) is 32.9 Å².